The highest BCUT2D eigenvalue weighted by atomic mass is 28.4. The van der Waals surface area contributed by atoms with Crippen molar-refractivity contribution in [3.05, 3.63) is 0 Å². The first-order valence-corrected chi connectivity index (χ1v) is 12.7. The minimum absolute atomic E-state index is 0.291. The van der Waals surface area contributed by atoms with Crippen LogP contribution in [0.1, 0.15) is 6.42 Å². The maximum absolute atomic E-state index is 6.05. The Bertz CT molecular complexity index is 280. The number of hydrogen-bond donors (Lipinski definition) is 0. The summed E-state index contributed by atoms with van der Waals surface area (Å²) in [6, 6.07) is 0.902. The molecular formula is C10H22O6Si3. The largest absolute Gasteiger partial charge is 0.414 e. The lowest BCUT2D eigenvalue weighted by molar-refractivity contribution is 0.0585. The van der Waals surface area contributed by atoms with Gasteiger partial charge in [-0.25, -0.2) is 0 Å². The minimum atomic E-state index is -2.17. The van der Waals surface area contributed by atoms with E-state index in [1.165, 1.54) is 0 Å². The molecule has 2 rings (SSSR count). The van der Waals surface area contributed by atoms with Crippen LogP contribution in [0.15, 0.2) is 0 Å². The van der Waals surface area contributed by atoms with Crippen molar-refractivity contribution in [3.8, 4) is 0 Å². The molecule has 2 heterocycles. The third-order valence-electron chi connectivity index (χ3n) is 2.90. The number of rotatable bonds is 6. The van der Waals surface area contributed by atoms with E-state index in [9.17, 15) is 0 Å². The van der Waals surface area contributed by atoms with Crippen LogP contribution in [0.3, 0.4) is 0 Å². The van der Waals surface area contributed by atoms with Crippen LogP contribution in [0, 0.1) is 0 Å². The van der Waals surface area contributed by atoms with E-state index in [1.54, 1.807) is 0 Å². The smallest absolute Gasteiger partial charge is 0.373 e. The molecule has 2 fully saturated rings. The summed E-state index contributed by atoms with van der Waals surface area (Å²) in [7, 11) is -4.63. The van der Waals surface area contributed by atoms with Gasteiger partial charge in [0.2, 0.25) is 0 Å². The number of epoxide rings is 1. The van der Waals surface area contributed by atoms with Crippen molar-refractivity contribution >= 4 is 27.1 Å². The van der Waals surface area contributed by atoms with Crippen LogP contribution in [0.4, 0.5) is 0 Å². The van der Waals surface area contributed by atoms with E-state index in [0.29, 0.717) is 19.5 Å². The predicted molar refractivity (Wildman–Crippen MR) is 74.0 cm³/mol. The van der Waals surface area contributed by atoms with Gasteiger partial charge >= 0.3 is 27.1 Å². The fourth-order valence-corrected chi connectivity index (χ4v) is 8.88. The van der Waals surface area contributed by atoms with Gasteiger partial charge in [-0.2, -0.15) is 0 Å². The molecule has 2 atom stereocenters. The van der Waals surface area contributed by atoms with E-state index in [-0.39, 0.29) is 0 Å². The summed E-state index contributed by atoms with van der Waals surface area (Å²) < 4.78 is 33.7. The average Bonchev–Trinajstić information content (AvgIpc) is 3.10. The molecular weight excluding hydrogens is 300 g/mol. The predicted octanol–water partition coefficient (Wildman–Crippen LogP) is 1.14. The van der Waals surface area contributed by atoms with Crippen LogP contribution in [0.5, 0.6) is 0 Å². The zero-order valence-electron chi connectivity index (χ0n) is 11.8. The first-order chi connectivity index (χ1) is 9.07. The third-order valence-corrected chi connectivity index (χ3v) is 10.6. The molecule has 2 unspecified atom stereocenters. The maximum Gasteiger partial charge on any atom is 0.373 e. The highest BCUT2D eigenvalue weighted by Crippen LogP contribution is 2.20. The Morgan fingerprint density at radius 2 is 2.11 bits per heavy atom. The molecule has 0 aliphatic carbocycles. The Balaban J connectivity index is 1.66. The molecule has 0 N–H and O–H groups in total. The first-order valence-electron chi connectivity index (χ1n) is 6.57. The molecule has 2 aliphatic heterocycles. The SMILES string of the molecule is C[Si]1OCO[Si](C)(CCCOCC2CO2)O[Si](C)O1. The Morgan fingerprint density at radius 1 is 1.32 bits per heavy atom. The lowest BCUT2D eigenvalue weighted by Gasteiger charge is -2.33. The average molecular weight is 323 g/mol. The lowest BCUT2D eigenvalue weighted by Crippen LogP contribution is -2.49. The summed E-state index contributed by atoms with van der Waals surface area (Å²) in [5.41, 5.74) is 0. The molecule has 110 valence electrons. The zero-order valence-corrected chi connectivity index (χ0v) is 14.8. The molecule has 2 radical (unpaired) electrons. The minimum Gasteiger partial charge on any atom is -0.414 e. The molecule has 0 amide bonds. The van der Waals surface area contributed by atoms with E-state index in [2.05, 4.69) is 6.55 Å². The quantitative estimate of drug-likeness (QED) is 0.415. The van der Waals surface area contributed by atoms with Crippen molar-refractivity contribution in [3.63, 3.8) is 0 Å². The van der Waals surface area contributed by atoms with E-state index in [0.717, 1.165) is 25.7 Å². The molecule has 0 aromatic carbocycles. The van der Waals surface area contributed by atoms with Crippen LogP contribution in [-0.2, 0) is 26.6 Å². The van der Waals surface area contributed by atoms with Gasteiger partial charge in [0.05, 0.1) is 13.2 Å². The Labute approximate surface area is 119 Å². The van der Waals surface area contributed by atoms with Crippen LogP contribution in [-0.4, -0.2) is 59.8 Å². The van der Waals surface area contributed by atoms with Crippen molar-refractivity contribution in [2.24, 2.45) is 0 Å². The summed E-state index contributed by atoms with van der Waals surface area (Å²) in [5.74, 6) is 0. The van der Waals surface area contributed by atoms with Gasteiger partial charge in [-0.1, -0.05) is 0 Å². The van der Waals surface area contributed by atoms with Crippen molar-refractivity contribution in [2.45, 2.75) is 38.2 Å². The number of hydrogen-bond acceptors (Lipinski definition) is 6. The molecule has 0 aromatic rings. The third kappa shape index (κ3) is 6.14. The Hall–Kier alpha value is 0.411. The van der Waals surface area contributed by atoms with Gasteiger partial charge in [-0.05, 0) is 32.1 Å². The second-order valence-electron chi connectivity index (χ2n) is 4.86. The molecule has 0 spiro atoms. The summed E-state index contributed by atoms with van der Waals surface area (Å²) >= 11 is 0. The molecule has 6 nitrogen and oxygen atoms in total. The van der Waals surface area contributed by atoms with Gasteiger partial charge in [0.1, 0.15) is 12.9 Å². The topological polar surface area (TPSA) is 58.7 Å². The lowest BCUT2D eigenvalue weighted by atomic mass is 10.5. The fourth-order valence-electron chi connectivity index (χ4n) is 1.82. The van der Waals surface area contributed by atoms with Crippen LogP contribution in [0.25, 0.3) is 0 Å². The van der Waals surface area contributed by atoms with Crippen molar-refractivity contribution < 1.29 is 26.6 Å². The standard InChI is InChI=1S/C10H22O6Si3/c1-17-13-9-14-19(3,16-18(2)15-17)6-4-5-11-7-10-8-12-10/h10H,4-9H2,1-3H3. The van der Waals surface area contributed by atoms with E-state index >= 15 is 0 Å². The van der Waals surface area contributed by atoms with Gasteiger partial charge in [0, 0.05) is 6.61 Å². The van der Waals surface area contributed by atoms with Crippen molar-refractivity contribution in [1.82, 2.24) is 0 Å². The van der Waals surface area contributed by atoms with E-state index in [4.69, 9.17) is 26.6 Å². The highest BCUT2D eigenvalue weighted by Gasteiger charge is 2.37. The van der Waals surface area contributed by atoms with Crippen molar-refractivity contribution in [1.29, 1.82) is 0 Å². The molecule has 2 aliphatic rings. The van der Waals surface area contributed by atoms with E-state index < -0.39 is 27.1 Å². The zero-order chi connectivity index (χ0) is 13.7. The highest BCUT2D eigenvalue weighted by molar-refractivity contribution is 6.74. The Kier molecular flexibility index (Phi) is 6.17. The second-order valence-corrected chi connectivity index (χ2v) is 11.8. The molecule has 0 saturated carbocycles. The summed E-state index contributed by atoms with van der Waals surface area (Å²) in [6.07, 6.45) is 1.27. The molecule has 0 bridgehead atoms. The second kappa shape index (κ2) is 7.43. The van der Waals surface area contributed by atoms with Gasteiger partial charge in [-0.15, -0.1) is 0 Å². The van der Waals surface area contributed by atoms with Gasteiger partial charge in [0.25, 0.3) is 0 Å². The Morgan fingerprint density at radius 3 is 2.84 bits per heavy atom. The van der Waals surface area contributed by atoms with E-state index in [1.807, 2.05) is 13.1 Å². The summed E-state index contributed by atoms with van der Waals surface area (Å²) in [6.45, 7) is 8.61. The molecule has 9 heteroatoms. The summed E-state index contributed by atoms with van der Waals surface area (Å²) in [5, 5.41) is 0. The van der Waals surface area contributed by atoms with Gasteiger partial charge < -0.3 is 26.6 Å². The molecule has 0 aromatic heterocycles. The normalized spacial score (nSPS) is 33.9. The van der Waals surface area contributed by atoms with Crippen LogP contribution < -0.4 is 0 Å². The molecule has 19 heavy (non-hydrogen) atoms. The first kappa shape index (κ1) is 15.8. The fraction of sp³-hybridized carbons (Fsp3) is 1.00. The van der Waals surface area contributed by atoms with Gasteiger partial charge in [-0.3, -0.25) is 0 Å². The maximum atomic E-state index is 6.05. The van der Waals surface area contributed by atoms with Crippen molar-refractivity contribution in [2.75, 3.05) is 26.6 Å². The summed E-state index contributed by atoms with van der Waals surface area (Å²) in [4.78, 5) is 0. The molecule has 2 saturated heterocycles. The van der Waals surface area contributed by atoms with Crippen LogP contribution >= 0.6 is 0 Å². The van der Waals surface area contributed by atoms with Crippen LogP contribution in [0.2, 0.25) is 25.7 Å². The van der Waals surface area contributed by atoms with Gasteiger partial charge in [0.15, 0.2) is 0 Å². The monoisotopic (exact) mass is 322 g/mol. The number of ether oxygens (including phenoxy) is 2.